The van der Waals surface area contributed by atoms with E-state index in [0.29, 0.717) is 30.2 Å². The molecule has 2 rings (SSSR count). The van der Waals surface area contributed by atoms with Crippen LogP contribution in [0.25, 0.3) is 0 Å². The second-order valence-electron chi connectivity index (χ2n) is 4.98. The first kappa shape index (κ1) is 14.7. The Balaban J connectivity index is 2.50. The Morgan fingerprint density at radius 1 is 1.10 bits per heavy atom. The van der Waals surface area contributed by atoms with Crippen molar-refractivity contribution in [1.82, 2.24) is 4.90 Å². The molecule has 20 heavy (non-hydrogen) atoms. The Bertz CT molecular complexity index is 476. The fourth-order valence-electron chi connectivity index (χ4n) is 2.61. The van der Waals surface area contributed by atoms with Crippen molar-refractivity contribution in [2.24, 2.45) is 0 Å². The van der Waals surface area contributed by atoms with Gasteiger partial charge in [0.2, 0.25) is 0 Å². The largest absolute Gasteiger partial charge is 0.496 e. The topological polar surface area (TPSA) is 48.0 Å². The quantitative estimate of drug-likeness (QED) is 0.839. The molecule has 0 bridgehead atoms. The van der Waals surface area contributed by atoms with Gasteiger partial charge in [0, 0.05) is 37.2 Å². The first-order valence-corrected chi connectivity index (χ1v) is 6.61. The van der Waals surface area contributed by atoms with Gasteiger partial charge in [-0.05, 0) is 7.05 Å². The number of carbonyl (C=O) groups excluding carboxylic acids is 1. The summed E-state index contributed by atoms with van der Waals surface area (Å²) < 4.78 is 16.1. The van der Waals surface area contributed by atoms with Crippen LogP contribution in [-0.4, -0.2) is 52.1 Å². The van der Waals surface area contributed by atoms with Crippen molar-refractivity contribution < 1.29 is 19.0 Å². The van der Waals surface area contributed by atoms with E-state index >= 15 is 0 Å². The summed E-state index contributed by atoms with van der Waals surface area (Å²) in [6.45, 7) is 1.48. The van der Waals surface area contributed by atoms with E-state index in [1.165, 1.54) is 0 Å². The van der Waals surface area contributed by atoms with Crippen LogP contribution in [0.1, 0.15) is 17.9 Å². The van der Waals surface area contributed by atoms with Crippen LogP contribution < -0.4 is 14.2 Å². The number of carbonyl (C=O) groups is 1. The monoisotopic (exact) mass is 279 g/mol. The number of ether oxygens (including phenoxy) is 3. The van der Waals surface area contributed by atoms with Crippen LogP contribution in [0.15, 0.2) is 12.1 Å². The van der Waals surface area contributed by atoms with Crippen molar-refractivity contribution in [3.63, 3.8) is 0 Å². The van der Waals surface area contributed by atoms with Crippen LogP contribution >= 0.6 is 0 Å². The first-order chi connectivity index (χ1) is 9.60. The number of piperidine rings is 1. The number of methoxy groups -OCH3 is 3. The number of benzene rings is 1. The number of likely N-dealkylation sites (N-methyl/N-ethyl adjacent to an activating group) is 1. The molecule has 110 valence electrons. The fourth-order valence-corrected chi connectivity index (χ4v) is 2.61. The van der Waals surface area contributed by atoms with E-state index in [1.807, 2.05) is 7.05 Å². The van der Waals surface area contributed by atoms with Crippen molar-refractivity contribution in [3.05, 3.63) is 17.7 Å². The number of rotatable bonds is 4. The molecular formula is C15H21NO4. The minimum Gasteiger partial charge on any atom is -0.496 e. The Kier molecular flexibility index (Phi) is 4.49. The van der Waals surface area contributed by atoms with Gasteiger partial charge in [0.15, 0.2) is 0 Å². The zero-order valence-electron chi connectivity index (χ0n) is 12.4. The summed E-state index contributed by atoms with van der Waals surface area (Å²) >= 11 is 0. The summed E-state index contributed by atoms with van der Waals surface area (Å²) in [4.78, 5) is 14.4. The minimum absolute atomic E-state index is 0.218. The molecule has 1 heterocycles. The molecule has 1 fully saturated rings. The van der Waals surface area contributed by atoms with Gasteiger partial charge in [-0.15, -0.1) is 0 Å². The first-order valence-electron chi connectivity index (χ1n) is 6.61. The van der Waals surface area contributed by atoms with Crippen LogP contribution in [0.5, 0.6) is 17.2 Å². The minimum atomic E-state index is -0.218. The van der Waals surface area contributed by atoms with Crippen molar-refractivity contribution in [3.8, 4) is 17.2 Å². The molecule has 1 unspecified atom stereocenters. The molecule has 0 spiro atoms. The Morgan fingerprint density at radius 3 is 2.20 bits per heavy atom. The third-order valence-electron chi connectivity index (χ3n) is 3.72. The summed E-state index contributed by atoms with van der Waals surface area (Å²) in [5.41, 5.74) is 0.812. The Hall–Kier alpha value is -1.75. The summed E-state index contributed by atoms with van der Waals surface area (Å²) in [5.74, 6) is 1.93. The van der Waals surface area contributed by atoms with Crippen LogP contribution in [0.3, 0.4) is 0 Å². The van der Waals surface area contributed by atoms with Gasteiger partial charge in [-0.25, -0.2) is 0 Å². The van der Waals surface area contributed by atoms with E-state index in [1.54, 1.807) is 33.5 Å². The summed E-state index contributed by atoms with van der Waals surface area (Å²) in [5, 5.41) is 0. The second-order valence-corrected chi connectivity index (χ2v) is 4.98. The van der Waals surface area contributed by atoms with Crippen molar-refractivity contribution >= 4 is 5.78 Å². The lowest BCUT2D eigenvalue weighted by atomic mass is 9.88. The summed E-state index contributed by atoms with van der Waals surface area (Å²) in [6, 6.07) is 3.58. The van der Waals surface area contributed by atoms with E-state index in [4.69, 9.17) is 14.2 Å². The van der Waals surface area contributed by atoms with E-state index in [-0.39, 0.29) is 11.7 Å². The lowest BCUT2D eigenvalue weighted by Crippen LogP contribution is -2.37. The highest BCUT2D eigenvalue weighted by molar-refractivity contribution is 5.88. The molecule has 0 aliphatic carbocycles. The highest BCUT2D eigenvalue weighted by atomic mass is 16.5. The Labute approximate surface area is 119 Å². The molecule has 0 saturated carbocycles. The SMILES string of the molecule is COc1cc(OC)c(C2CN(C)CCC2=O)c(OC)c1. The van der Waals surface area contributed by atoms with Crippen LogP contribution in [0, 0.1) is 0 Å². The second kappa shape index (κ2) is 6.13. The smallest absolute Gasteiger partial charge is 0.143 e. The van der Waals surface area contributed by atoms with Crippen molar-refractivity contribution in [2.45, 2.75) is 12.3 Å². The molecular weight excluding hydrogens is 258 g/mol. The van der Waals surface area contributed by atoms with E-state index in [2.05, 4.69) is 4.90 Å². The van der Waals surface area contributed by atoms with E-state index in [0.717, 1.165) is 12.1 Å². The number of ketones is 1. The molecule has 1 aromatic carbocycles. The molecule has 5 heteroatoms. The predicted octanol–water partition coefficient (Wildman–Crippen LogP) is 1.70. The lowest BCUT2D eigenvalue weighted by molar-refractivity contribution is -0.123. The predicted molar refractivity (Wildman–Crippen MR) is 76.0 cm³/mol. The maximum atomic E-state index is 12.3. The lowest BCUT2D eigenvalue weighted by Gasteiger charge is -2.30. The number of likely N-dealkylation sites (tertiary alicyclic amines) is 1. The molecule has 1 saturated heterocycles. The molecule has 1 atom stereocenters. The molecule has 0 amide bonds. The van der Waals surface area contributed by atoms with Gasteiger partial charge in [-0.2, -0.15) is 0 Å². The van der Waals surface area contributed by atoms with Crippen LogP contribution in [0.4, 0.5) is 0 Å². The Morgan fingerprint density at radius 2 is 1.70 bits per heavy atom. The van der Waals surface area contributed by atoms with Gasteiger partial charge in [0.1, 0.15) is 23.0 Å². The number of hydrogen-bond donors (Lipinski definition) is 0. The molecule has 1 aliphatic rings. The number of Topliss-reactive ketones (excluding diaryl/α,β-unsaturated/α-hetero) is 1. The maximum Gasteiger partial charge on any atom is 0.143 e. The average Bonchev–Trinajstić information content (AvgIpc) is 2.48. The number of nitrogens with zero attached hydrogens (tertiary/aromatic N) is 1. The van der Waals surface area contributed by atoms with Gasteiger partial charge in [0.05, 0.1) is 27.2 Å². The highest BCUT2D eigenvalue weighted by Gasteiger charge is 2.32. The third-order valence-corrected chi connectivity index (χ3v) is 3.72. The van der Waals surface area contributed by atoms with Crippen molar-refractivity contribution in [1.29, 1.82) is 0 Å². The summed E-state index contributed by atoms with van der Waals surface area (Å²) in [6.07, 6.45) is 0.555. The zero-order valence-corrected chi connectivity index (χ0v) is 12.4. The van der Waals surface area contributed by atoms with E-state index < -0.39 is 0 Å². The highest BCUT2D eigenvalue weighted by Crippen LogP contribution is 2.41. The number of hydrogen-bond acceptors (Lipinski definition) is 5. The zero-order chi connectivity index (χ0) is 14.7. The maximum absolute atomic E-state index is 12.3. The normalized spacial score (nSPS) is 19.8. The van der Waals surface area contributed by atoms with E-state index in [9.17, 15) is 4.79 Å². The standard InChI is InChI=1S/C15H21NO4/c1-16-6-5-12(17)11(9-16)15-13(19-3)7-10(18-2)8-14(15)20-4/h7-8,11H,5-6,9H2,1-4H3. The molecule has 0 aromatic heterocycles. The summed E-state index contributed by atoms with van der Waals surface area (Å²) in [7, 11) is 6.79. The van der Waals surface area contributed by atoms with Gasteiger partial charge in [-0.1, -0.05) is 0 Å². The molecule has 1 aliphatic heterocycles. The molecule has 0 radical (unpaired) electrons. The molecule has 0 N–H and O–H groups in total. The van der Waals surface area contributed by atoms with Crippen LogP contribution in [0.2, 0.25) is 0 Å². The van der Waals surface area contributed by atoms with Gasteiger partial charge in [-0.3, -0.25) is 4.79 Å². The van der Waals surface area contributed by atoms with Crippen molar-refractivity contribution in [2.75, 3.05) is 41.5 Å². The molecule has 1 aromatic rings. The molecule has 5 nitrogen and oxygen atoms in total. The average molecular weight is 279 g/mol. The fraction of sp³-hybridized carbons (Fsp3) is 0.533. The third kappa shape index (κ3) is 2.72. The van der Waals surface area contributed by atoms with Gasteiger partial charge >= 0.3 is 0 Å². The van der Waals surface area contributed by atoms with Gasteiger partial charge < -0.3 is 19.1 Å². The van der Waals surface area contributed by atoms with Crippen LogP contribution in [-0.2, 0) is 4.79 Å². The van der Waals surface area contributed by atoms with Gasteiger partial charge in [0.25, 0.3) is 0 Å².